The summed E-state index contributed by atoms with van der Waals surface area (Å²) >= 11 is 5.85. The van der Waals surface area contributed by atoms with Gasteiger partial charge in [-0.3, -0.25) is 4.79 Å². The average Bonchev–Trinajstić information content (AvgIpc) is 2.91. The predicted octanol–water partition coefficient (Wildman–Crippen LogP) is 5.17. The Kier molecular flexibility index (Phi) is 8.63. The van der Waals surface area contributed by atoms with Crippen LogP contribution < -0.4 is 5.32 Å². The van der Waals surface area contributed by atoms with Crippen LogP contribution in [0.2, 0.25) is 5.02 Å². The van der Waals surface area contributed by atoms with Crippen molar-refractivity contribution < 1.29 is 22.7 Å². The summed E-state index contributed by atoms with van der Waals surface area (Å²) in [6.45, 7) is 2.30. The second-order valence-corrected chi connectivity index (χ2v) is 11.5. The number of amides is 1. The molecule has 7 nitrogen and oxygen atoms in total. The first kappa shape index (κ1) is 26.9. The van der Waals surface area contributed by atoms with Gasteiger partial charge in [-0.25, -0.2) is 13.2 Å². The number of rotatable bonds is 8. The van der Waals surface area contributed by atoms with Crippen molar-refractivity contribution in [3.05, 3.63) is 95.0 Å². The Hall–Kier alpha value is -3.20. The summed E-state index contributed by atoms with van der Waals surface area (Å²) in [6, 6.07) is 22.5. The van der Waals surface area contributed by atoms with Crippen LogP contribution >= 0.6 is 11.6 Å². The van der Waals surface area contributed by atoms with Gasteiger partial charge in [-0.05, 0) is 80.1 Å². The van der Waals surface area contributed by atoms with E-state index in [2.05, 4.69) is 17.4 Å². The molecule has 1 N–H and O–H groups in total. The third-order valence-corrected chi connectivity index (χ3v) is 8.56. The van der Waals surface area contributed by atoms with Crippen molar-refractivity contribution in [2.45, 2.75) is 37.2 Å². The van der Waals surface area contributed by atoms with E-state index in [1.54, 1.807) is 24.3 Å². The van der Waals surface area contributed by atoms with Crippen LogP contribution in [-0.4, -0.2) is 43.8 Å². The molecule has 0 radical (unpaired) electrons. The second-order valence-electron chi connectivity index (χ2n) is 9.11. The second kappa shape index (κ2) is 11.9. The molecule has 1 aliphatic rings. The van der Waals surface area contributed by atoms with E-state index in [0.717, 1.165) is 19.3 Å². The number of nitrogens with zero attached hydrogens (tertiary/aromatic N) is 1. The van der Waals surface area contributed by atoms with E-state index in [0.29, 0.717) is 29.7 Å². The molecule has 1 aliphatic heterocycles. The molecule has 194 valence electrons. The summed E-state index contributed by atoms with van der Waals surface area (Å²) in [6.07, 6.45) is 1.39. The normalized spacial score (nSPS) is 15.6. The maximum atomic E-state index is 13.3. The first-order valence-electron chi connectivity index (χ1n) is 12.1. The maximum Gasteiger partial charge on any atom is 0.338 e. The Labute approximate surface area is 222 Å². The standard InChI is InChI=1S/C28H29ClN2O5S/c1-20(27(32)30-25-12-10-24(29)11-13-25)36-28(33)23-8-5-9-26(19-23)37(34,35)31-16-14-22(15-17-31)18-21-6-3-2-4-7-21/h2-13,19-20,22H,14-18H2,1H3,(H,30,32)/t20-/m1/s1. The van der Waals surface area contributed by atoms with E-state index in [-0.39, 0.29) is 10.5 Å². The van der Waals surface area contributed by atoms with E-state index in [4.69, 9.17) is 16.3 Å². The summed E-state index contributed by atoms with van der Waals surface area (Å²) in [4.78, 5) is 25.1. The number of anilines is 1. The molecule has 3 aromatic carbocycles. The van der Waals surface area contributed by atoms with Crippen LogP contribution in [0.3, 0.4) is 0 Å². The molecule has 37 heavy (non-hydrogen) atoms. The lowest BCUT2D eigenvalue weighted by Crippen LogP contribution is -2.39. The minimum Gasteiger partial charge on any atom is -0.449 e. The number of carbonyl (C=O) groups is 2. The first-order chi connectivity index (χ1) is 17.7. The van der Waals surface area contributed by atoms with Gasteiger partial charge in [0.25, 0.3) is 5.91 Å². The minimum absolute atomic E-state index is 0.0294. The van der Waals surface area contributed by atoms with Crippen molar-refractivity contribution in [2.75, 3.05) is 18.4 Å². The van der Waals surface area contributed by atoms with Crippen LogP contribution in [0.1, 0.15) is 35.7 Å². The van der Waals surface area contributed by atoms with Crippen molar-refractivity contribution in [2.24, 2.45) is 5.92 Å². The van der Waals surface area contributed by atoms with Gasteiger partial charge in [-0.15, -0.1) is 0 Å². The fourth-order valence-corrected chi connectivity index (χ4v) is 5.94. The lowest BCUT2D eigenvalue weighted by molar-refractivity contribution is -0.123. The van der Waals surface area contributed by atoms with Crippen molar-refractivity contribution in [3.8, 4) is 0 Å². The SMILES string of the molecule is C[C@@H](OC(=O)c1cccc(S(=O)(=O)N2CCC(Cc3ccccc3)CC2)c1)C(=O)Nc1ccc(Cl)cc1. The molecule has 0 aromatic heterocycles. The third kappa shape index (κ3) is 6.97. The van der Waals surface area contributed by atoms with E-state index in [9.17, 15) is 18.0 Å². The molecule has 1 saturated heterocycles. The molecule has 0 unspecified atom stereocenters. The molecule has 4 rings (SSSR count). The highest BCUT2D eigenvalue weighted by molar-refractivity contribution is 7.89. The summed E-state index contributed by atoms with van der Waals surface area (Å²) in [5.74, 6) is -0.870. The lowest BCUT2D eigenvalue weighted by Gasteiger charge is -2.31. The zero-order chi connectivity index (χ0) is 26.4. The minimum atomic E-state index is -3.77. The summed E-state index contributed by atoms with van der Waals surface area (Å²) in [5, 5.41) is 3.18. The van der Waals surface area contributed by atoms with Gasteiger partial charge in [-0.2, -0.15) is 4.31 Å². The van der Waals surface area contributed by atoms with E-state index in [1.807, 2.05) is 18.2 Å². The first-order valence-corrected chi connectivity index (χ1v) is 14.0. The summed E-state index contributed by atoms with van der Waals surface area (Å²) in [7, 11) is -3.77. The Morgan fingerprint density at radius 2 is 1.68 bits per heavy atom. The zero-order valence-electron chi connectivity index (χ0n) is 20.5. The Morgan fingerprint density at radius 3 is 2.35 bits per heavy atom. The van der Waals surface area contributed by atoms with Gasteiger partial charge in [0.2, 0.25) is 10.0 Å². The van der Waals surface area contributed by atoms with Crippen LogP contribution in [0, 0.1) is 5.92 Å². The zero-order valence-corrected chi connectivity index (χ0v) is 22.0. The topological polar surface area (TPSA) is 92.8 Å². The highest BCUT2D eigenvalue weighted by Gasteiger charge is 2.30. The van der Waals surface area contributed by atoms with E-state index in [1.165, 1.54) is 41.1 Å². The number of nitrogens with one attached hydrogen (secondary N) is 1. The Morgan fingerprint density at radius 1 is 1.00 bits per heavy atom. The Bertz CT molecular complexity index is 1340. The molecular weight excluding hydrogens is 512 g/mol. The smallest absolute Gasteiger partial charge is 0.338 e. The van der Waals surface area contributed by atoms with Crippen LogP contribution in [0.4, 0.5) is 5.69 Å². The van der Waals surface area contributed by atoms with Gasteiger partial charge in [0, 0.05) is 23.8 Å². The number of carbonyl (C=O) groups excluding carboxylic acids is 2. The highest BCUT2D eigenvalue weighted by atomic mass is 35.5. The molecule has 0 aliphatic carbocycles. The molecular formula is C28H29ClN2O5S. The number of piperidine rings is 1. The van der Waals surface area contributed by atoms with Gasteiger partial charge in [0.15, 0.2) is 6.10 Å². The lowest BCUT2D eigenvalue weighted by atomic mass is 9.91. The van der Waals surface area contributed by atoms with Crippen LogP contribution in [-0.2, 0) is 26.0 Å². The van der Waals surface area contributed by atoms with Crippen molar-refractivity contribution in [1.29, 1.82) is 0 Å². The number of hydrogen-bond acceptors (Lipinski definition) is 5. The van der Waals surface area contributed by atoms with Crippen LogP contribution in [0.15, 0.2) is 83.8 Å². The van der Waals surface area contributed by atoms with Crippen molar-refractivity contribution in [3.63, 3.8) is 0 Å². The molecule has 0 saturated carbocycles. The number of esters is 1. The molecule has 0 spiro atoms. The van der Waals surface area contributed by atoms with Crippen molar-refractivity contribution in [1.82, 2.24) is 4.31 Å². The van der Waals surface area contributed by atoms with E-state index >= 15 is 0 Å². The molecule has 0 bridgehead atoms. The predicted molar refractivity (Wildman–Crippen MR) is 143 cm³/mol. The Balaban J connectivity index is 1.35. The van der Waals surface area contributed by atoms with Gasteiger partial charge in [0.05, 0.1) is 10.5 Å². The number of ether oxygens (including phenoxy) is 1. The van der Waals surface area contributed by atoms with Gasteiger partial charge in [-0.1, -0.05) is 48.0 Å². The fraction of sp³-hybridized carbons (Fsp3) is 0.286. The van der Waals surface area contributed by atoms with Gasteiger partial charge in [0.1, 0.15) is 0 Å². The van der Waals surface area contributed by atoms with E-state index < -0.39 is 28.0 Å². The molecule has 1 heterocycles. The number of hydrogen-bond donors (Lipinski definition) is 1. The molecule has 1 atom stereocenters. The summed E-state index contributed by atoms with van der Waals surface area (Å²) < 4.78 is 33.3. The van der Waals surface area contributed by atoms with Gasteiger partial charge < -0.3 is 10.1 Å². The molecule has 9 heteroatoms. The molecule has 1 fully saturated rings. The van der Waals surface area contributed by atoms with Gasteiger partial charge >= 0.3 is 5.97 Å². The van der Waals surface area contributed by atoms with Crippen LogP contribution in [0.25, 0.3) is 0 Å². The fourth-order valence-electron chi connectivity index (χ4n) is 4.29. The molecule has 3 aromatic rings. The van der Waals surface area contributed by atoms with Crippen LogP contribution in [0.5, 0.6) is 0 Å². The summed E-state index contributed by atoms with van der Waals surface area (Å²) in [5.41, 5.74) is 1.83. The largest absolute Gasteiger partial charge is 0.449 e. The van der Waals surface area contributed by atoms with Crippen molar-refractivity contribution >= 4 is 39.2 Å². The number of halogens is 1. The number of benzene rings is 3. The monoisotopic (exact) mass is 540 g/mol. The third-order valence-electron chi connectivity index (χ3n) is 6.41. The maximum absolute atomic E-state index is 13.3. The average molecular weight is 541 g/mol. The molecule has 1 amide bonds. The quantitative estimate of drug-likeness (QED) is 0.398. The number of sulfonamides is 1. The highest BCUT2D eigenvalue weighted by Crippen LogP contribution is 2.27.